The predicted octanol–water partition coefficient (Wildman–Crippen LogP) is 1.42. The number of hydrogen-bond donors (Lipinski definition) is 1. The molecule has 1 unspecified atom stereocenters. The molecule has 1 N–H and O–H groups in total. The largest absolute Gasteiger partial charge is 0.451 e. The van der Waals surface area contributed by atoms with Crippen molar-refractivity contribution < 1.29 is 22.7 Å². The van der Waals surface area contributed by atoms with E-state index in [1.54, 1.807) is 26.8 Å². The van der Waals surface area contributed by atoms with Crippen LogP contribution in [0.4, 0.5) is 5.82 Å². The number of thiazole rings is 1. The monoisotopic (exact) mass is 412 g/mol. The van der Waals surface area contributed by atoms with Crippen molar-refractivity contribution >= 4 is 38.9 Å². The third-order valence-electron chi connectivity index (χ3n) is 4.10. The second-order valence-corrected chi connectivity index (χ2v) is 9.88. The first-order valence-corrected chi connectivity index (χ1v) is 11.0. The molecule has 9 nitrogen and oxygen atoms in total. The van der Waals surface area contributed by atoms with Gasteiger partial charge in [-0.2, -0.15) is 5.10 Å². The molecule has 2 aromatic rings. The highest BCUT2D eigenvalue weighted by molar-refractivity contribution is 7.91. The summed E-state index contributed by atoms with van der Waals surface area (Å²) in [6.45, 7) is 4.79. The standard InChI is InChI=1S/C16H20N4O5S2/c1-9-6-13(20(19-9)12-4-5-27(23,24)8-12)18-14(21)7-25-16(22)15-10(2)17-11(3)26-15/h6,12H,4-5,7-8H2,1-3H3,(H,18,21). The van der Waals surface area contributed by atoms with Crippen molar-refractivity contribution in [1.29, 1.82) is 0 Å². The van der Waals surface area contributed by atoms with E-state index in [0.29, 0.717) is 28.5 Å². The number of nitrogens with zero attached hydrogens (tertiary/aromatic N) is 3. The lowest BCUT2D eigenvalue weighted by Gasteiger charge is -2.13. The van der Waals surface area contributed by atoms with Gasteiger partial charge in [0.2, 0.25) is 0 Å². The normalized spacial score (nSPS) is 18.4. The molecule has 1 atom stereocenters. The highest BCUT2D eigenvalue weighted by Crippen LogP contribution is 2.27. The maximum Gasteiger partial charge on any atom is 0.350 e. The van der Waals surface area contributed by atoms with Crippen molar-refractivity contribution in [2.75, 3.05) is 23.4 Å². The summed E-state index contributed by atoms with van der Waals surface area (Å²) in [7, 11) is -3.08. The number of ether oxygens (including phenoxy) is 1. The second-order valence-electron chi connectivity index (χ2n) is 6.44. The van der Waals surface area contributed by atoms with Crippen LogP contribution in [-0.2, 0) is 19.4 Å². The Labute approximate surface area is 160 Å². The van der Waals surface area contributed by atoms with Gasteiger partial charge in [0.1, 0.15) is 10.7 Å². The molecule has 27 heavy (non-hydrogen) atoms. The van der Waals surface area contributed by atoms with E-state index in [-0.39, 0.29) is 17.5 Å². The molecule has 146 valence electrons. The molecule has 1 aliphatic heterocycles. The lowest BCUT2D eigenvalue weighted by Crippen LogP contribution is -2.24. The second kappa shape index (κ2) is 7.39. The van der Waals surface area contributed by atoms with Crippen LogP contribution in [0.2, 0.25) is 0 Å². The van der Waals surface area contributed by atoms with E-state index in [4.69, 9.17) is 4.74 Å². The Morgan fingerprint density at radius 2 is 2.11 bits per heavy atom. The summed E-state index contributed by atoms with van der Waals surface area (Å²) in [5.74, 6) is -0.630. The van der Waals surface area contributed by atoms with E-state index >= 15 is 0 Å². The molecular weight excluding hydrogens is 392 g/mol. The Kier molecular flexibility index (Phi) is 5.33. The maximum absolute atomic E-state index is 12.2. The van der Waals surface area contributed by atoms with Crippen molar-refractivity contribution in [2.45, 2.75) is 33.2 Å². The van der Waals surface area contributed by atoms with Gasteiger partial charge < -0.3 is 10.1 Å². The number of aromatic nitrogens is 3. The minimum absolute atomic E-state index is 0.00399. The molecule has 1 aliphatic rings. The van der Waals surface area contributed by atoms with Crippen LogP contribution in [0.3, 0.4) is 0 Å². The third kappa shape index (κ3) is 4.53. The van der Waals surface area contributed by atoms with E-state index in [1.165, 1.54) is 16.0 Å². The topological polar surface area (TPSA) is 120 Å². The Bertz CT molecular complexity index is 993. The van der Waals surface area contributed by atoms with Crippen LogP contribution in [0.1, 0.15) is 38.5 Å². The van der Waals surface area contributed by atoms with E-state index in [9.17, 15) is 18.0 Å². The van der Waals surface area contributed by atoms with Crippen LogP contribution >= 0.6 is 11.3 Å². The summed E-state index contributed by atoms with van der Waals surface area (Å²) < 4.78 is 30.0. The summed E-state index contributed by atoms with van der Waals surface area (Å²) in [6, 6.07) is 1.34. The average Bonchev–Trinajstić information content (AvgIpc) is 3.22. The van der Waals surface area contributed by atoms with Gasteiger partial charge in [0.05, 0.1) is 33.9 Å². The molecule has 0 bridgehead atoms. The zero-order chi connectivity index (χ0) is 19.8. The number of carbonyl (C=O) groups excluding carboxylic acids is 2. The SMILES string of the molecule is Cc1cc(NC(=O)COC(=O)c2sc(C)nc2C)n(C2CCS(=O)(=O)C2)n1. The number of nitrogens with one attached hydrogen (secondary N) is 1. The highest BCUT2D eigenvalue weighted by atomic mass is 32.2. The lowest BCUT2D eigenvalue weighted by molar-refractivity contribution is -0.119. The zero-order valence-corrected chi connectivity index (χ0v) is 16.8. The molecule has 1 amide bonds. The summed E-state index contributed by atoms with van der Waals surface area (Å²) in [4.78, 5) is 28.8. The van der Waals surface area contributed by atoms with Gasteiger partial charge in [-0.3, -0.25) is 4.79 Å². The van der Waals surface area contributed by atoms with Crippen LogP contribution in [-0.4, -0.2) is 53.2 Å². The van der Waals surface area contributed by atoms with E-state index < -0.39 is 28.3 Å². The van der Waals surface area contributed by atoms with Gasteiger partial charge in [-0.05, 0) is 27.2 Å². The Morgan fingerprint density at radius 3 is 2.70 bits per heavy atom. The number of sulfone groups is 1. The van der Waals surface area contributed by atoms with Crippen molar-refractivity contribution in [3.63, 3.8) is 0 Å². The first-order chi connectivity index (χ1) is 12.6. The number of carbonyl (C=O) groups is 2. The number of anilines is 1. The van der Waals surface area contributed by atoms with Gasteiger partial charge in [-0.25, -0.2) is 22.9 Å². The van der Waals surface area contributed by atoms with Crippen molar-refractivity contribution in [1.82, 2.24) is 14.8 Å². The zero-order valence-electron chi connectivity index (χ0n) is 15.2. The van der Waals surface area contributed by atoms with Gasteiger partial charge in [-0.1, -0.05) is 0 Å². The minimum atomic E-state index is -3.08. The molecule has 0 aromatic carbocycles. The van der Waals surface area contributed by atoms with Gasteiger partial charge in [-0.15, -0.1) is 11.3 Å². The minimum Gasteiger partial charge on any atom is -0.451 e. The fraction of sp³-hybridized carbons (Fsp3) is 0.500. The van der Waals surface area contributed by atoms with E-state index in [1.807, 2.05) is 0 Å². The van der Waals surface area contributed by atoms with Crippen LogP contribution in [0.5, 0.6) is 0 Å². The molecule has 3 heterocycles. The van der Waals surface area contributed by atoms with E-state index in [2.05, 4.69) is 15.4 Å². The van der Waals surface area contributed by atoms with Crippen LogP contribution in [0, 0.1) is 20.8 Å². The molecule has 0 aliphatic carbocycles. The molecule has 11 heteroatoms. The Hall–Kier alpha value is -2.27. The van der Waals surface area contributed by atoms with E-state index in [0.717, 1.165) is 5.01 Å². The fourth-order valence-corrected chi connectivity index (χ4v) is 5.46. The van der Waals surface area contributed by atoms with Gasteiger partial charge in [0.15, 0.2) is 16.4 Å². The lowest BCUT2D eigenvalue weighted by atomic mass is 10.3. The van der Waals surface area contributed by atoms with Crippen LogP contribution in [0.25, 0.3) is 0 Å². The third-order valence-corrected chi connectivity index (χ3v) is 6.91. The van der Waals surface area contributed by atoms with Crippen LogP contribution < -0.4 is 5.32 Å². The fourth-order valence-electron chi connectivity index (χ4n) is 2.95. The van der Waals surface area contributed by atoms with Gasteiger partial charge in [0.25, 0.3) is 5.91 Å². The number of amides is 1. The smallest absolute Gasteiger partial charge is 0.350 e. The Balaban J connectivity index is 1.63. The highest BCUT2D eigenvalue weighted by Gasteiger charge is 2.31. The van der Waals surface area contributed by atoms with Crippen molar-refractivity contribution in [2.24, 2.45) is 0 Å². The first-order valence-electron chi connectivity index (χ1n) is 8.32. The summed E-state index contributed by atoms with van der Waals surface area (Å²) in [6.07, 6.45) is 0.450. The molecule has 1 fully saturated rings. The van der Waals surface area contributed by atoms with Gasteiger partial charge in [0, 0.05) is 6.07 Å². The first kappa shape index (κ1) is 19.5. The van der Waals surface area contributed by atoms with Crippen molar-refractivity contribution in [3.05, 3.63) is 27.3 Å². The molecule has 0 radical (unpaired) electrons. The number of aryl methyl sites for hydroxylation is 3. The van der Waals surface area contributed by atoms with Gasteiger partial charge >= 0.3 is 5.97 Å². The average molecular weight is 412 g/mol. The number of rotatable bonds is 5. The van der Waals surface area contributed by atoms with Crippen molar-refractivity contribution in [3.8, 4) is 0 Å². The molecule has 3 rings (SSSR count). The Morgan fingerprint density at radius 1 is 1.37 bits per heavy atom. The number of esters is 1. The summed E-state index contributed by atoms with van der Waals surface area (Å²) in [5, 5.41) is 7.68. The molecular formula is C16H20N4O5S2. The molecule has 1 saturated heterocycles. The number of hydrogen-bond acceptors (Lipinski definition) is 8. The molecule has 0 spiro atoms. The summed E-state index contributed by atoms with van der Waals surface area (Å²) >= 11 is 1.21. The van der Waals surface area contributed by atoms with Crippen LogP contribution in [0.15, 0.2) is 6.07 Å². The molecule has 2 aromatic heterocycles. The maximum atomic E-state index is 12.2. The predicted molar refractivity (Wildman–Crippen MR) is 99.8 cm³/mol. The molecule has 0 saturated carbocycles. The quantitative estimate of drug-likeness (QED) is 0.737. The summed E-state index contributed by atoms with van der Waals surface area (Å²) in [5.41, 5.74) is 1.22.